The first-order valence-corrected chi connectivity index (χ1v) is 8.48. The molecule has 1 atom stereocenters. The topological polar surface area (TPSA) is 53.4 Å². The van der Waals surface area contributed by atoms with Crippen LogP contribution in [0.25, 0.3) is 0 Å². The lowest BCUT2D eigenvalue weighted by atomic mass is 9.91. The summed E-state index contributed by atoms with van der Waals surface area (Å²) in [6.07, 6.45) is 6.46. The third-order valence-electron chi connectivity index (χ3n) is 4.70. The summed E-state index contributed by atoms with van der Waals surface area (Å²) >= 11 is 1.72. The minimum atomic E-state index is -0.715. The summed E-state index contributed by atoms with van der Waals surface area (Å²) in [4.78, 5) is 19.6. The lowest BCUT2D eigenvalue weighted by Gasteiger charge is -2.31. The van der Waals surface area contributed by atoms with Crippen LogP contribution < -0.4 is 4.90 Å². The summed E-state index contributed by atoms with van der Waals surface area (Å²) in [7, 11) is 0. The molecular weight excluding hydrogens is 272 g/mol. The second kappa shape index (κ2) is 5.72. The molecule has 0 bridgehead atoms. The van der Waals surface area contributed by atoms with Crippen molar-refractivity contribution in [1.82, 2.24) is 4.98 Å². The molecule has 3 rings (SSSR count). The molecule has 1 unspecified atom stereocenters. The van der Waals surface area contributed by atoms with E-state index in [1.54, 1.807) is 11.3 Å². The molecule has 1 fully saturated rings. The molecule has 110 valence electrons. The summed E-state index contributed by atoms with van der Waals surface area (Å²) < 4.78 is 0. The van der Waals surface area contributed by atoms with Gasteiger partial charge in [-0.05, 0) is 38.0 Å². The number of nitrogens with zero attached hydrogens (tertiary/aromatic N) is 2. The minimum absolute atomic E-state index is 0.378. The molecule has 0 amide bonds. The van der Waals surface area contributed by atoms with E-state index in [4.69, 9.17) is 4.98 Å². The van der Waals surface area contributed by atoms with Gasteiger partial charge in [-0.3, -0.25) is 4.79 Å². The molecule has 5 heteroatoms. The number of fused-ring (bicyclic) bond motifs is 1. The van der Waals surface area contributed by atoms with Gasteiger partial charge in [-0.15, -0.1) is 11.3 Å². The summed E-state index contributed by atoms with van der Waals surface area (Å²) in [5, 5.41) is 10.4. The van der Waals surface area contributed by atoms with Crippen LogP contribution >= 0.6 is 11.3 Å². The van der Waals surface area contributed by atoms with E-state index >= 15 is 0 Å². The second-order valence-corrected chi connectivity index (χ2v) is 6.99. The number of carbonyl (C=O) groups is 1. The zero-order chi connectivity index (χ0) is 14.1. The molecule has 1 aromatic heterocycles. The maximum absolute atomic E-state index is 11.3. The van der Waals surface area contributed by atoms with Gasteiger partial charge in [-0.1, -0.05) is 13.3 Å². The lowest BCUT2D eigenvalue weighted by molar-refractivity contribution is -0.139. The molecule has 0 spiro atoms. The van der Waals surface area contributed by atoms with Gasteiger partial charge >= 0.3 is 5.97 Å². The van der Waals surface area contributed by atoms with Crippen molar-refractivity contribution in [3.05, 3.63) is 10.6 Å². The molecule has 1 aliphatic carbocycles. The predicted octanol–water partition coefficient (Wildman–Crippen LogP) is 3.27. The van der Waals surface area contributed by atoms with Gasteiger partial charge in [0.05, 0.1) is 5.69 Å². The zero-order valence-electron chi connectivity index (χ0n) is 12.0. The van der Waals surface area contributed by atoms with E-state index in [9.17, 15) is 9.90 Å². The Morgan fingerprint density at radius 2 is 2.15 bits per heavy atom. The van der Waals surface area contributed by atoms with E-state index < -0.39 is 5.97 Å². The molecule has 1 saturated heterocycles. The van der Waals surface area contributed by atoms with Gasteiger partial charge in [-0.25, -0.2) is 4.98 Å². The zero-order valence-corrected chi connectivity index (χ0v) is 12.8. The number of carboxylic acids is 1. The maximum Gasteiger partial charge on any atom is 0.312 e. The molecule has 1 aliphatic heterocycles. The lowest BCUT2D eigenvalue weighted by Crippen LogP contribution is -2.33. The van der Waals surface area contributed by atoms with E-state index in [1.807, 2.05) is 0 Å². The molecule has 1 aromatic rings. The van der Waals surface area contributed by atoms with Crippen molar-refractivity contribution in [2.24, 2.45) is 5.92 Å². The fourth-order valence-corrected chi connectivity index (χ4v) is 4.53. The Kier molecular flexibility index (Phi) is 3.96. The van der Waals surface area contributed by atoms with Crippen molar-refractivity contribution in [1.29, 1.82) is 0 Å². The van der Waals surface area contributed by atoms with Crippen LogP contribution in [0.5, 0.6) is 0 Å². The SMILES string of the molecule is CCC1CCN(c2nc3c(s2)CCCC3C(=O)O)CC1. The van der Waals surface area contributed by atoms with Gasteiger partial charge in [0.25, 0.3) is 0 Å². The van der Waals surface area contributed by atoms with Gasteiger partial charge in [0.2, 0.25) is 0 Å². The molecular formula is C15H22N2O2S. The number of anilines is 1. The van der Waals surface area contributed by atoms with Crippen LogP contribution in [-0.4, -0.2) is 29.1 Å². The average molecular weight is 294 g/mol. The van der Waals surface area contributed by atoms with Crippen molar-refractivity contribution in [2.45, 2.75) is 51.4 Å². The highest BCUT2D eigenvalue weighted by Gasteiger charge is 2.31. The first-order valence-electron chi connectivity index (χ1n) is 7.66. The number of rotatable bonds is 3. The Bertz CT molecular complexity index is 492. The van der Waals surface area contributed by atoms with E-state index in [0.717, 1.165) is 49.1 Å². The Hall–Kier alpha value is -1.10. The average Bonchev–Trinajstić information content (AvgIpc) is 2.90. The molecule has 1 N–H and O–H groups in total. The van der Waals surface area contributed by atoms with Crippen molar-refractivity contribution in [3.8, 4) is 0 Å². The van der Waals surface area contributed by atoms with Crippen molar-refractivity contribution < 1.29 is 9.90 Å². The number of aryl methyl sites for hydroxylation is 1. The van der Waals surface area contributed by atoms with Crippen LogP contribution in [0.4, 0.5) is 5.13 Å². The number of thiazole rings is 1. The summed E-state index contributed by atoms with van der Waals surface area (Å²) in [5.41, 5.74) is 0.848. The number of piperidine rings is 1. The summed E-state index contributed by atoms with van der Waals surface area (Å²) in [6.45, 7) is 4.41. The van der Waals surface area contributed by atoms with Gasteiger partial charge in [0.1, 0.15) is 5.92 Å². The monoisotopic (exact) mass is 294 g/mol. The quantitative estimate of drug-likeness (QED) is 0.929. The van der Waals surface area contributed by atoms with Crippen molar-refractivity contribution >= 4 is 22.4 Å². The number of hydrogen-bond donors (Lipinski definition) is 1. The first-order chi connectivity index (χ1) is 9.69. The van der Waals surface area contributed by atoms with Crippen molar-refractivity contribution in [3.63, 3.8) is 0 Å². The number of aliphatic carboxylic acids is 1. The summed E-state index contributed by atoms with van der Waals surface area (Å²) in [5.74, 6) is -0.239. The summed E-state index contributed by atoms with van der Waals surface area (Å²) in [6, 6.07) is 0. The van der Waals surface area contributed by atoms with Crippen LogP contribution in [0.3, 0.4) is 0 Å². The van der Waals surface area contributed by atoms with Gasteiger partial charge in [0.15, 0.2) is 5.13 Å². The molecule has 20 heavy (non-hydrogen) atoms. The molecule has 0 radical (unpaired) electrons. The van der Waals surface area contributed by atoms with Crippen LogP contribution in [0.15, 0.2) is 0 Å². The van der Waals surface area contributed by atoms with Gasteiger partial charge < -0.3 is 10.0 Å². The Labute approximate surface area is 123 Å². The Morgan fingerprint density at radius 3 is 2.80 bits per heavy atom. The Balaban J connectivity index is 1.78. The standard InChI is InChI=1S/C15H22N2O2S/c1-2-10-6-8-17(9-7-10)15-16-13-11(14(18)19)4-3-5-12(13)20-15/h10-11H,2-9H2,1H3,(H,18,19). The van der Waals surface area contributed by atoms with Crippen LogP contribution in [0.2, 0.25) is 0 Å². The van der Waals surface area contributed by atoms with E-state index in [0.29, 0.717) is 0 Å². The third-order valence-corrected chi connectivity index (χ3v) is 5.90. The molecule has 0 saturated carbocycles. The largest absolute Gasteiger partial charge is 0.481 e. The van der Waals surface area contributed by atoms with Crippen LogP contribution in [0.1, 0.15) is 55.5 Å². The maximum atomic E-state index is 11.3. The normalized spacial score (nSPS) is 23.6. The minimum Gasteiger partial charge on any atom is -0.481 e. The second-order valence-electron chi connectivity index (χ2n) is 5.93. The molecule has 4 nitrogen and oxygen atoms in total. The number of aromatic nitrogens is 1. The number of hydrogen-bond acceptors (Lipinski definition) is 4. The molecule has 2 heterocycles. The van der Waals surface area contributed by atoms with Crippen LogP contribution in [0, 0.1) is 5.92 Å². The number of carboxylic acid groups (broad SMARTS) is 1. The first kappa shape index (κ1) is 13.9. The van der Waals surface area contributed by atoms with Crippen LogP contribution in [-0.2, 0) is 11.2 Å². The third kappa shape index (κ3) is 2.55. The Morgan fingerprint density at radius 1 is 1.40 bits per heavy atom. The fourth-order valence-electron chi connectivity index (χ4n) is 3.31. The van der Waals surface area contributed by atoms with E-state index in [-0.39, 0.29) is 5.92 Å². The van der Waals surface area contributed by atoms with Crippen molar-refractivity contribution in [2.75, 3.05) is 18.0 Å². The highest BCUT2D eigenvalue weighted by molar-refractivity contribution is 7.15. The van der Waals surface area contributed by atoms with Gasteiger partial charge in [-0.2, -0.15) is 0 Å². The smallest absolute Gasteiger partial charge is 0.312 e. The molecule has 0 aromatic carbocycles. The molecule has 2 aliphatic rings. The van der Waals surface area contributed by atoms with E-state index in [2.05, 4.69) is 11.8 Å². The predicted molar refractivity (Wildman–Crippen MR) is 80.7 cm³/mol. The van der Waals surface area contributed by atoms with Gasteiger partial charge in [0, 0.05) is 18.0 Å². The highest BCUT2D eigenvalue weighted by atomic mass is 32.1. The fraction of sp³-hybridized carbons (Fsp3) is 0.733. The highest BCUT2D eigenvalue weighted by Crippen LogP contribution is 2.39. The van der Waals surface area contributed by atoms with E-state index in [1.165, 1.54) is 24.1 Å².